The van der Waals surface area contributed by atoms with E-state index in [1.165, 1.54) is 0 Å². The van der Waals surface area contributed by atoms with Crippen molar-refractivity contribution in [1.82, 2.24) is 5.32 Å². The highest BCUT2D eigenvalue weighted by Crippen LogP contribution is 2.32. The van der Waals surface area contributed by atoms with E-state index in [1.807, 2.05) is 0 Å². The van der Waals surface area contributed by atoms with Gasteiger partial charge in [0.2, 0.25) is 5.91 Å². The number of aliphatic hydroxyl groups is 8. The average Bonchev–Trinajstić information content (AvgIpc) is 2.92. The average molecular weight is 586 g/mol. The zero-order valence-corrected chi connectivity index (χ0v) is 21.7. The minimum atomic E-state index is -1.80. The van der Waals surface area contributed by atoms with Crippen LogP contribution in [0.5, 0.6) is 0 Å². The number of nitrogens with one attached hydrogen (secondary N) is 1. The molecule has 2 heterocycles. The molecule has 3 fully saturated rings. The van der Waals surface area contributed by atoms with E-state index >= 15 is 0 Å². The Kier molecular flexibility index (Phi) is 11.9. The summed E-state index contributed by atoms with van der Waals surface area (Å²) < 4.78 is 22.5. The Hall–Kier alpha value is -1.17. The van der Waals surface area contributed by atoms with Crippen molar-refractivity contribution in [3.63, 3.8) is 0 Å². The fourth-order valence-electron chi connectivity index (χ4n) is 5.07. The molecule has 1 aliphatic carbocycles. The number of carbonyl (C=O) groups excluding carboxylic acids is 1. The van der Waals surface area contributed by atoms with Gasteiger partial charge < -0.3 is 88.1 Å². The van der Waals surface area contributed by atoms with Gasteiger partial charge in [-0.25, -0.2) is 0 Å². The van der Waals surface area contributed by atoms with Crippen molar-refractivity contribution in [1.29, 1.82) is 0 Å². The Balaban J connectivity index is 1.85. The SMILES string of the molecule is NCC[C@H](O)C(=O)N[C@H]1C[C@@H](N)[C@H](O[C@H]2O[C@@H](CO)[C@@H](O)[C@H](N)[C@H]2O)[C@H](O)[C@@H]1O[C@H]1O[C@@H](CN)[C@@H](O)[C@@H](O)[C@H]1O. The summed E-state index contributed by atoms with van der Waals surface area (Å²) in [6.07, 6.45) is -19.9. The fraction of sp³-hybridized carbons (Fsp3) is 0.955. The van der Waals surface area contributed by atoms with Crippen LogP contribution < -0.4 is 28.3 Å². The highest BCUT2D eigenvalue weighted by atomic mass is 16.7. The summed E-state index contributed by atoms with van der Waals surface area (Å²) in [7, 11) is 0. The van der Waals surface area contributed by atoms with Gasteiger partial charge in [-0.1, -0.05) is 0 Å². The highest BCUT2D eigenvalue weighted by Gasteiger charge is 2.52. The lowest BCUT2D eigenvalue weighted by Crippen LogP contribution is -2.69. The molecule has 40 heavy (non-hydrogen) atoms. The molecule has 18 nitrogen and oxygen atoms in total. The maximum Gasteiger partial charge on any atom is 0.249 e. The van der Waals surface area contributed by atoms with Crippen LogP contribution in [0.1, 0.15) is 12.8 Å². The third-order valence-corrected chi connectivity index (χ3v) is 7.51. The molecule has 1 amide bonds. The van der Waals surface area contributed by atoms with Gasteiger partial charge in [-0.15, -0.1) is 0 Å². The van der Waals surface area contributed by atoms with Crippen molar-refractivity contribution >= 4 is 5.91 Å². The number of nitrogens with two attached hydrogens (primary N) is 4. The third kappa shape index (κ3) is 7.06. The van der Waals surface area contributed by atoms with Crippen molar-refractivity contribution < 1.29 is 64.6 Å². The Morgan fingerprint density at radius 1 is 0.850 bits per heavy atom. The normalized spacial score (nSPS) is 47.0. The monoisotopic (exact) mass is 585 g/mol. The molecule has 2 aliphatic heterocycles. The number of hydrogen-bond donors (Lipinski definition) is 13. The van der Waals surface area contributed by atoms with E-state index in [0.717, 1.165) is 0 Å². The minimum absolute atomic E-state index is 0.00934. The predicted octanol–water partition coefficient (Wildman–Crippen LogP) is -8.42. The zero-order chi connectivity index (χ0) is 29.9. The first-order valence-corrected chi connectivity index (χ1v) is 13.1. The van der Waals surface area contributed by atoms with Crippen LogP contribution in [0.4, 0.5) is 0 Å². The first-order chi connectivity index (χ1) is 18.9. The molecule has 1 saturated carbocycles. The summed E-state index contributed by atoms with van der Waals surface area (Å²) in [6, 6.07) is -3.42. The number of ether oxygens (including phenoxy) is 4. The summed E-state index contributed by atoms with van der Waals surface area (Å²) in [4.78, 5) is 12.6. The van der Waals surface area contributed by atoms with E-state index in [0.29, 0.717) is 0 Å². The van der Waals surface area contributed by atoms with Crippen LogP contribution >= 0.6 is 0 Å². The van der Waals surface area contributed by atoms with E-state index < -0.39 is 110 Å². The van der Waals surface area contributed by atoms with Crippen LogP contribution in [-0.2, 0) is 23.7 Å². The summed E-state index contributed by atoms with van der Waals surface area (Å²) in [6.45, 7) is -0.899. The van der Waals surface area contributed by atoms with E-state index in [-0.39, 0.29) is 25.9 Å². The maximum absolute atomic E-state index is 12.6. The lowest BCUT2D eigenvalue weighted by atomic mass is 9.83. The van der Waals surface area contributed by atoms with Gasteiger partial charge in [-0.05, 0) is 19.4 Å². The molecule has 0 spiro atoms. The van der Waals surface area contributed by atoms with Crippen LogP contribution in [0.25, 0.3) is 0 Å². The van der Waals surface area contributed by atoms with Crippen molar-refractivity contribution in [2.75, 3.05) is 19.7 Å². The Morgan fingerprint density at radius 2 is 1.45 bits per heavy atom. The number of carbonyl (C=O) groups is 1. The Bertz CT molecular complexity index is 815. The minimum Gasteiger partial charge on any atom is -0.394 e. The molecule has 234 valence electrons. The van der Waals surface area contributed by atoms with Crippen molar-refractivity contribution in [3.8, 4) is 0 Å². The van der Waals surface area contributed by atoms with Gasteiger partial charge in [0.25, 0.3) is 0 Å². The van der Waals surface area contributed by atoms with Gasteiger partial charge in [-0.2, -0.15) is 0 Å². The first kappa shape index (κ1) is 33.3. The molecule has 3 rings (SSSR count). The standard InChI is InChI=1S/C22H43N5O13/c23-2-1-8(29)20(36)27-7-3-6(25)18(39-21-14(32)11(26)12(30)10(5-28)38-21)17(35)19(7)40-22-16(34)15(33)13(31)9(4-24)37-22/h6-19,21-22,28-35H,1-5,23-26H2,(H,27,36)/t6-,7+,8+,9+,10+,11+,12-,13-,14-,15-,16-,17+,18+,19-,21-,22-/m1/s1. The number of amides is 1. The summed E-state index contributed by atoms with van der Waals surface area (Å²) >= 11 is 0. The van der Waals surface area contributed by atoms with Crippen molar-refractivity contribution in [2.24, 2.45) is 22.9 Å². The Morgan fingerprint density at radius 3 is 2.05 bits per heavy atom. The molecule has 16 atom stereocenters. The van der Waals surface area contributed by atoms with Crippen LogP contribution in [0.2, 0.25) is 0 Å². The van der Waals surface area contributed by atoms with E-state index in [2.05, 4.69) is 5.32 Å². The lowest BCUT2D eigenvalue weighted by molar-refractivity contribution is -0.332. The van der Waals surface area contributed by atoms with E-state index in [4.69, 9.17) is 41.9 Å². The molecular weight excluding hydrogens is 542 g/mol. The number of aliphatic hydroxyl groups excluding tert-OH is 8. The fourth-order valence-corrected chi connectivity index (χ4v) is 5.07. The van der Waals surface area contributed by atoms with E-state index in [1.54, 1.807) is 0 Å². The molecular formula is C22H43N5O13. The predicted molar refractivity (Wildman–Crippen MR) is 131 cm³/mol. The molecule has 0 bridgehead atoms. The highest BCUT2D eigenvalue weighted by molar-refractivity contribution is 5.80. The molecule has 18 heteroatoms. The van der Waals surface area contributed by atoms with Gasteiger partial charge in [0, 0.05) is 12.6 Å². The smallest absolute Gasteiger partial charge is 0.249 e. The molecule has 2 saturated heterocycles. The van der Waals surface area contributed by atoms with Gasteiger partial charge in [0.1, 0.15) is 67.1 Å². The second kappa shape index (κ2) is 14.3. The third-order valence-electron chi connectivity index (χ3n) is 7.51. The summed E-state index contributed by atoms with van der Waals surface area (Å²) in [5.74, 6) is -0.847. The van der Waals surface area contributed by atoms with Crippen LogP contribution in [-0.4, -0.2) is 164 Å². The number of hydrogen-bond acceptors (Lipinski definition) is 17. The van der Waals surface area contributed by atoms with E-state index in [9.17, 15) is 45.6 Å². The van der Waals surface area contributed by atoms with Crippen molar-refractivity contribution in [3.05, 3.63) is 0 Å². The molecule has 0 aromatic rings. The molecule has 0 radical (unpaired) electrons. The summed E-state index contributed by atoms with van der Waals surface area (Å²) in [5.41, 5.74) is 23.1. The van der Waals surface area contributed by atoms with Gasteiger partial charge >= 0.3 is 0 Å². The number of rotatable bonds is 10. The van der Waals surface area contributed by atoms with Gasteiger partial charge in [-0.3, -0.25) is 4.79 Å². The largest absolute Gasteiger partial charge is 0.394 e. The molecule has 17 N–H and O–H groups in total. The second-order valence-corrected chi connectivity index (χ2v) is 10.3. The topological polar surface area (TPSA) is 332 Å². The van der Waals surface area contributed by atoms with Crippen LogP contribution in [0, 0.1) is 0 Å². The molecule has 0 unspecified atom stereocenters. The summed E-state index contributed by atoms with van der Waals surface area (Å²) in [5, 5.41) is 84.9. The zero-order valence-electron chi connectivity index (χ0n) is 21.7. The first-order valence-electron chi connectivity index (χ1n) is 13.1. The second-order valence-electron chi connectivity index (χ2n) is 10.3. The lowest BCUT2D eigenvalue weighted by Gasteiger charge is -2.49. The Labute approximate surface area is 229 Å². The quantitative estimate of drug-likeness (QED) is 0.113. The maximum atomic E-state index is 12.6. The van der Waals surface area contributed by atoms with Gasteiger partial charge in [0.15, 0.2) is 12.6 Å². The van der Waals surface area contributed by atoms with Crippen molar-refractivity contribution in [2.45, 2.75) is 111 Å². The van der Waals surface area contributed by atoms with Crippen LogP contribution in [0.15, 0.2) is 0 Å². The van der Waals surface area contributed by atoms with Crippen LogP contribution in [0.3, 0.4) is 0 Å². The molecule has 3 aliphatic rings. The molecule has 0 aromatic heterocycles. The van der Waals surface area contributed by atoms with Gasteiger partial charge in [0.05, 0.1) is 18.7 Å². The molecule has 0 aromatic carbocycles.